The average Bonchev–Trinajstić information content (AvgIpc) is 2.66. The van der Waals surface area contributed by atoms with E-state index >= 15 is 0 Å². The van der Waals surface area contributed by atoms with Crippen LogP contribution in [0.15, 0.2) is 48.5 Å². The van der Waals surface area contributed by atoms with Crippen LogP contribution in [0.4, 0.5) is 5.69 Å². The van der Waals surface area contributed by atoms with Crippen molar-refractivity contribution in [3.63, 3.8) is 0 Å². The maximum Gasteiger partial charge on any atom is 0.241 e. The molecular weight excluding hydrogens is 324 g/mol. The van der Waals surface area contributed by atoms with Crippen molar-refractivity contribution in [1.29, 1.82) is 0 Å². The van der Waals surface area contributed by atoms with E-state index in [0.29, 0.717) is 17.4 Å². The van der Waals surface area contributed by atoms with E-state index in [2.05, 4.69) is 55.7 Å². The summed E-state index contributed by atoms with van der Waals surface area (Å²) in [4.78, 5) is 12.6. The molecule has 0 aliphatic carbocycles. The number of methoxy groups -OCH3 is 1. The van der Waals surface area contributed by atoms with Gasteiger partial charge in [-0.05, 0) is 42.5 Å². The van der Waals surface area contributed by atoms with E-state index in [4.69, 9.17) is 4.74 Å². The number of hydrogen-bond donors (Lipinski definition) is 2. The molecule has 0 aromatic heterocycles. The fraction of sp³-hybridized carbons (Fsp3) is 0.409. The summed E-state index contributed by atoms with van der Waals surface area (Å²) < 4.78 is 5.30. The molecular formula is C22H30N2O2. The predicted octanol–water partition coefficient (Wildman–Crippen LogP) is 4.57. The highest BCUT2D eigenvalue weighted by atomic mass is 16.5. The molecule has 0 fully saturated rings. The molecule has 4 nitrogen and oxygen atoms in total. The SMILES string of the molecule is CCc1ccc([C@H](N[C@H](C)C(=O)Nc2ccccc2OC)C(C)C)cc1. The monoisotopic (exact) mass is 354 g/mol. The Hall–Kier alpha value is -2.33. The second kappa shape index (κ2) is 9.39. The van der Waals surface area contributed by atoms with Crippen LogP contribution in [0.1, 0.15) is 44.9 Å². The van der Waals surface area contributed by atoms with Crippen LogP contribution in [-0.4, -0.2) is 19.1 Å². The van der Waals surface area contributed by atoms with Crippen molar-refractivity contribution >= 4 is 11.6 Å². The van der Waals surface area contributed by atoms with Crippen LogP contribution in [-0.2, 0) is 11.2 Å². The summed E-state index contributed by atoms with van der Waals surface area (Å²) in [7, 11) is 1.60. The van der Waals surface area contributed by atoms with Crippen molar-refractivity contribution in [3.05, 3.63) is 59.7 Å². The molecule has 0 aliphatic rings. The van der Waals surface area contributed by atoms with E-state index in [1.54, 1.807) is 7.11 Å². The lowest BCUT2D eigenvalue weighted by molar-refractivity contribution is -0.118. The van der Waals surface area contributed by atoms with Crippen molar-refractivity contribution in [1.82, 2.24) is 5.32 Å². The van der Waals surface area contributed by atoms with Gasteiger partial charge in [0, 0.05) is 6.04 Å². The summed E-state index contributed by atoms with van der Waals surface area (Å²) in [6.07, 6.45) is 1.03. The lowest BCUT2D eigenvalue weighted by Gasteiger charge is -2.27. The zero-order chi connectivity index (χ0) is 19.1. The molecule has 2 rings (SSSR count). The molecule has 1 amide bonds. The molecule has 0 radical (unpaired) electrons. The fourth-order valence-corrected chi connectivity index (χ4v) is 2.97. The van der Waals surface area contributed by atoms with Crippen molar-refractivity contribution in [2.24, 2.45) is 5.92 Å². The maximum atomic E-state index is 12.6. The first-order valence-electron chi connectivity index (χ1n) is 9.25. The minimum Gasteiger partial charge on any atom is -0.495 e. The van der Waals surface area contributed by atoms with Crippen LogP contribution in [0.25, 0.3) is 0 Å². The molecule has 0 aliphatic heterocycles. The van der Waals surface area contributed by atoms with Gasteiger partial charge in [-0.2, -0.15) is 0 Å². The van der Waals surface area contributed by atoms with E-state index in [-0.39, 0.29) is 18.0 Å². The van der Waals surface area contributed by atoms with Gasteiger partial charge in [-0.1, -0.05) is 57.2 Å². The third-order valence-corrected chi connectivity index (χ3v) is 4.60. The van der Waals surface area contributed by atoms with Crippen LogP contribution >= 0.6 is 0 Å². The summed E-state index contributed by atoms with van der Waals surface area (Å²) in [5.74, 6) is 0.943. The van der Waals surface area contributed by atoms with Crippen LogP contribution in [0.2, 0.25) is 0 Å². The smallest absolute Gasteiger partial charge is 0.241 e. The second-order valence-electron chi connectivity index (χ2n) is 6.89. The lowest BCUT2D eigenvalue weighted by Crippen LogP contribution is -2.41. The Morgan fingerprint density at radius 3 is 2.27 bits per heavy atom. The maximum absolute atomic E-state index is 12.6. The summed E-state index contributed by atoms with van der Waals surface area (Å²) in [5, 5.41) is 6.42. The molecule has 0 saturated carbocycles. The van der Waals surface area contributed by atoms with Gasteiger partial charge in [-0.3, -0.25) is 10.1 Å². The third kappa shape index (κ3) is 5.09. The van der Waals surface area contributed by atoms with E-state index in [1.165, 1.54) is 11.1 Å². The first kappa shape index (κ1) is 20.0. The van der Waals surface area contributed by atoms with E-state index < -0.39 is 0 Å². The van der Waals surface area contributed by atoms with Crippen molar-refractivity contribution < 1.29 is 9.53 Å². The number of amides is 1. The summed E-state index contributed by atoms with van der Waals surface area (Å²) in [6.45, 7) is 8.37. The Balaban J connectivity index is 2.08. The first-order valence-corrected chi connectivity index (χ1v) is 9.25. The zero-order valence-corrected chi connectivity index (χ0v) is 16.4. The number of anilines is 1. The number of aryl methyl sites for hydroxylation is 1. The Kier molecular flexibility index (Phi) is 7.22. The number of para-hydroxylation sites is 2. The molecule has 2 aromatic carbocycles. The standard InChI is InChI=1S/C22H30N2O2/c1-6-17-11-13-18(14-12-17)21(15(2)3)23-16(4)22(25)24-19-9-7-8-10-20(19)26-5/h7-16,21,23H,6H2,1-5H3,(H,24,25)/t16-,21-/m1/s1. The van der Waals surface area contributed by atoms with Gasteiger partial charge in [0.15, 0.2) is 0 Å². The number of benzene rings is 2. The molecule has 26 heavy (non-hydrogen) atoms. The van der Waals surface area contributed by atoms with Gasteiger partial charge < -0.3 is 10.1 Å². The van der Waals surface area contributed by atoms with Gasteiger partial charge >= 0.3 is 0 Å². The van der Waals surface area contributed by atoms with Crippen LogP contribution in [0, 0.1) is 5.92 Å². The number of rotatable bonds is 8. The molecule has 0 unspecified atom stereocenters. The predicted molar refractivity (Wildman–Crippen MR) is 108 cm³/mol. The van der Waals surface area contributed by atoms with Gasteiger partial charge in [0.05, 0.1) is 18.8 Å². The Morgan fingerprint density at radius 2 is 1.69 bits per heavy atom. The van der Waals surface area contributed by atoms with Gasteiger partial charge in [0.2, 0.25) is 5.91 Å². The van der Waals surface area contributed by atoms with Crippen molar-refractivity contribution in [2.45, 2.75) is 46.2 Å². The van der Waals surface area contributed by atoms with Crippen LogP contribution in [0.3, 0.4) is 0 Å². The summed E-state index contributed by atoms with van der Waals surface area (Å²) >= 11 is 0. The molecule has 4 heteroatoms. The highest BCUT2D eigenvalue weighted by molar-refractivity contribution is 5.95. The number of ether oxygens (including phenoxy) is 1. The topological polar surface area (TPSA) is 50.4 Å². The van der Waals surface area contributed by atoms with E-state index in [1.807, 2.05) is 31.2 Å². The number of nitrogens with one attached hydrogen (secondary N) is 2. The normalized spacial score (nSPS) is 13.3. The van der Waals surface area contributed by atoms with Crippen molar-refractivity contribution in [2.75, 3.05) is 12.4 Å². The Bertz CT molecular complexity index is 710. The van der Waals surface area contributed by atoms with E-state index in [9.17, 15) is 4.79 Å². The number of hydrogen-bond acceptors (Lipinski definition) is 3. The number of carbonyl (C=O) groups is 1. The summed E-state index contributed by atoms with van der Waals surface area (Å²) in [5.41, 5.74) is 3.20. The van der Waals surface area contributed by atoms with Crippen LogP contribution < -0.4 is 15.4 Å². The highest BCUT2D eigenvalue weighted by Gasteiger charge is 2.22. The van der Waals surface area contributed by atoms with Gasteiger partial charge in [-0.25, -0.2) is 0 Å². The summed E-state index contributed by atoms with van der Waals surface area (Å²) in [6, 6.07) is 15.8. The number of carbonyl (C=O) groups excluding carboxylic acids is 1. The quantitative estimate of drug-likeness (QED) is 0.730. The molecule has 0 heterocycles. The average molecular weight is 354 g/mol. The van der Waals surface area contributed by atoms with E-state index in [0.717, 1.165) is 6.42 Å². The highest BCUT2D eigenvalue weighted by Crippen LogP contribution is 2.25. The minimum absolute atomic E-state index is 0.0784. The lowest BCUT2D eigenvalue weighted by atomic mass is 9.94. The molecule has 0 saturated heterocycles. The molecule has 2 aromatic rings. The van der Waals surface area contributed by atoms with Gasteiger partial charge in [0.25, 0.3) is 0 Å². The Morgan fingerprint density at radius 1 is 1.04 bits per heavy atom. The Labute approximate surface area is 157 Å². The van der Waals surface area contributed by atoms with Crippen molar-refractivity contribution in [3.8, 4) is 5.75 Å². The molecule has 2 atom stereocenters. The molecule has 140 valence electrons. The van der Waals surface area contributed by atoms with Crippen LogP contribution in [0.5, 0.6) is 5.75 Å². The second-order valence-corrected chi connectivity index (χ2v) is 6.89. The zero-order valence-electron chi connectivity index (χ0n) is 16.4. The molecule has 0 bridgehead atoms. The fourth-order valence-electron chi connectivity index (χ4n) is 2.97. The molecule has 0 spiro atoms. The minimum atomic E-state index is -0.335. The first-order chi connectivity index (χ1) is 12.5. The largest absolute Gasteiger partial charge is 0.495 e. The van der Waals surface area contributed by atoms with Gasteiger partial charge in [-0.15, -0.1) is 0 Å². The molecule has 2 N–H and O–H groups in total. The third-order valence-electron chi connectivity index (χ3n) is 4.60. The van der Waals surface area contributed by atoms with Gasteiger partial charge in [0.1, 0.15) is 5.75 Å².